The molecule has 2 amide bonds. The van der Waals surface area contributed by atoms with Crippen LogP contribution < -0.4 is 5.32 Å². The number of carbonyl (C=O) groups excluding carboxylic acids is 2. The van der Waals surface area contributed by atoms with Crippen molar-refractivity contribution in [1.29, 1.82) is 0 Å². The normalized spacial score (nSPS) is 12.6. The minimum atomic E-state index is -0.944. The van der Waals surface area contributed by atoms with Crippen LogP contribution in [0, 0.1) is 0 Å². The summed E-state index contributed by atoms with van der Waals surface area (Å²) in [6.07, 6.45) is -0.287. The number of hydrogen-bond acceptors (Lipinski definition) is 3. The number of rotatable bonds is 6. The lowest BCUT2D eigenvalue weighted by molar-refractivity contribution is -0.137. The van der Waals surface area contributed by atoms with Gasteiger partial charge in [-0.2, -0.15) is 0 Å². The number of carbonyl (C=O) groups is 2. The van der Waals surface area contributed by atoms with E-state index in [9.17, 15) is 14.7 Å². The van der Waals surface area contributed by atoms with E-state index >= 15 is 0 Å². The quantitative estimate of drug-likeness (QED) is 0.757. The first-order valence-electron chi connectivity index (χ1n) is 8.28. The summed E-state index contributed by atoms with van der Waals surface area (Å²) in [5.74, 6) is -0.250. The third-order valence-corrected chi connectivity index (χ3v) is 4.40. The van der Waals surface area contributed by atoms with E-state index in [1.807, 2.05) is 20.8 Å². The van der Waals surface area contributed by atoms with Crippen LogP contribution in [0.2, 0.25) is 10.0 Å². The van der Waals surface area contributed by atoms with Gasteiger partial charge in [0.1, 0.15) is 0 Å². The van der Waals surface area contributed by atoms with Crippen LogP contribution in [-0.4, -0.2) is 33.9 Å². The van der Waals surface area contributed by atoms with E-state index in [4.69, 9.17) is 23.2 Å². The molecule has 0 heterocycles. The molecule has 1 rings (SSSR count). The summed E-state index contributed by atoms with van der Waals surface area (Å²) in [5.41, 5.74) is 0.391. The van der Waals surface area contributed by atoms with E-state index < -0.39 is 11.6 Å². The smallest absolute Gasteiger partial charge is 0.224 e. The minimum Gasteiger partial charge on any atom is -0.387 e. The molecule has 0 aliphatic rings. The Morgan fingerprint density at radius 3 is 2.08 bits per heavy atom. The lowest BCUT2D eigenvalue weighted by Gasteiger charge is -2.37. The van der Waals surface area contributed by atoms with Gasteiger partial charge in [0, 0.05) is 18.4 Å². The van der Waals surface area contributed by atoms with Crippen LogP contribution in [0.5, 0.6) is 0 Å². The summed E-state index contributed by atoms with van der Waals surface area (Å²) in [5, 5.41) is 13.7. The number of halogens is 2. The Bertz CT molecular complexity index is 619. The molecule has 0 aliphatic carbocycles. The van der Waals surface area contributed by atoms with Crippen molar-refractivity contribution in [2.45, 2.75) is 59.1 Å². The van der Waals surface area contributed by atoms with Crippen molar-refractivity contribution in [2.75, 3.05) is 11.9 Å². The van der Waals surface area contributed by atoms with E-state index in [1.54, 1.807) is 30.9 Å². The first kappa shape index (κ1) is 21.7. The highest BCUT2D eigenvalue weighted by Gasteiger charge is 2.28. The second kappa shape index (κ2) is 8.88. The van der Waals surface area contributed by atoms with E-state index in [-0.39, 0.29) is 28.4 Å². The zero-order chi connectivity index (χ0) is 19.4. The van der Waals surface area contributed by atoms with Gasteiger partial charge in [-0.15, -0.1) is 0 Å². The highest BCUT2D eigenvalue weighted by Crippen LogP contribution is 2.34. The zero-order valence-corrected chi connectivity index (χ0v) is 16.8. The van der Waals surface area contributed by atoms with E-state index in [1.165, 1.54) is 0 Å². The molecule has 25 heavy (non-hydrogen) atoms. The number of nitrogens with zero attached hydrogens (tertiary/aromatic N) is 1. The molecule has 0 bridgehead atoms. The molecule has 7 heteroatoms. The second-order valence-electron chi connectivity index (χ2n) is 6.81. The average molecular weight is 389 g/mol. The van der Waals surface area contributed by atoms with Crippen LogP contribution in [0.3, 0.4) is 0 Å². The second-order valence-corrected chi connectivity index (χ2v) is 7.62. The SMILES string of the molecule is CCC(=O)Nc1c(Cl)cc(C(O)CN(C(=O)CC)C(C)(C)C)cc1Cl. The Morgan fingerprint density at radius 1 is 1.16 bits per heavy atom. The maximum Gasteiger partial charge on any atom is 0.224 e. The molecule has 140 valence electrons. The maximum absolute atomic E-state index is 12.2. The number of nitrogens with one attached hydrogen (secondary N) is 1. The van der Waals surface area contributed by atoms with Crippen molar-refractivity contribution in [3.8, 4) is 0 Å². The molecule has 0 aliphatic heterocycles. The summed E-state index contributed by atoms with van der Waals surface area (Å²) in [6, 6.07) is 3.11. The number of β-amino-alcohol motifs (C(OH)–C–C–N with tert-alkyl or cyclic N) is 1. The van der Waals surface area contributed by atoms with Gasteiger partial charge in [-0.05, 0) is 38.5 Å². The lowest BCUT2D eigenvalue weighted by atomic mass is 10.0. The average Bonchev–Trinajstić information content (AvgIpc) is 2.53. The van der Waals surface area contributed by atoms with Gasteiger partial charge in [-0.1, -0.05) is 37.0 Å². The van der Waals surface area contributed by atoms with Crippen molar-refractivity contribution >= 4 is 40.7 Å². The molecular weight excluding hydrogens is 363 g/mol. The summed E-state index contributed by atoms with van der Waals surface area (Å²) >= 11 is 12.4. The van der Waals surface area contributed by atoms with Gasteiger partial charge in [0.05, 0.1) is 28.4 Å². The van der Waals surface area contributed by atoms with Crippen molar-refractivity contribution in [1.82, 2.24) is 4.90 Å². The summed E-state index contributed by atoms with van der Waals surface area (Å²) in [6.45, 7) is 9.38. The monoisotopic (exact) mass is 388 g/mol. The molecule has 0 saturated heterocycles. The fourth-order valence-corrected chi connectivity index (χ4v) is 2.95. The van der Waals surface area contributed by atoms with Crippen LogP contribution in [-0.2, 0) is 9.59 Å². The van der Waals surface area contributed by atoms with Crippen molar-refractivity contribution in [2.24, 2.45) is 0 Å². The van der Waals surface area contributed by atoms with E-state index in [0.29, 0.717) is 24.1 Å². The fraction of sp³-hybridized carbons (Fsp3) is 0.556. The van der Waals surface area contributed by atoms with Crippen molar-refractivity contribution in [3.63, 3.8) is 0 Å². The van der Waals surface area contributed by atoms with Crippen LogP contribution >= 0.6 is 23.2 Å². The van der Waals surface area contributed by atoms with Crippen LogP contribution in [0.1, 0.15) is 59.1 Å². The lowest BCUT2D eigenvalue weighted by Crippen LogP contribution is -2.47. The molecule has 1 atom stereocenters. The number of hydrogen-bond donors (Lipinski definition) is 2. The summed E-state index contributed by atoms with van der Waals surface area (Å²) in [7, 11) is 0. The topological polar surface area (TPSA) is 69.6 Å². The first-order chi connectivity index (χ1) is 11.5. The zero-order valence-electron chi connectivity index (χ0n) is 15.3. The largest absolute Gasteiger partial charge is 0.387 e. The Kier molecular flexibility index (Phi) is 7.72. The van der Waals surface area contributed by atoms with Gasteiger partial charge in [-0.3, -0.25) is 9.59 Å². The Balaban J connectivity index is 3.07. The Labute approximate surface area is 159 Å². The highest BCUT2D eigenvalue weighted by atomic mass is 35.5. The molecule has 0 radical (unpaired) electrons. The van der Waals surface area contributed by atoms with Gasteiger partial charge in [0.2, 0.25) is 11.8 Å². The fourth-order valence-electron chi connectivity index (χ4n) is 2.35. The Hall–Kier alpha value is -1.30. The van der Waals surface area contributed by atoms with Gasteiger partial charge >= 0.3 is 0 Å². The summed E-state index contributed by atoms with van der Waals surface area (Å²) in [4.78, 5) is 25.4. The number of benzene rings is 1. The molecular formula is C18H26Cl2N2O3. The molecule has 1 aromatic carbocycles. The predicted octanol–water partition coefficient (Wildman–Crippen LogP) is 4.41. The third-order valence-electron chi connectivity index (χ3n) is 3.80. The number of anilines is 1. The van der Waals surface area contributed by atoms with Gasteiger partial charge in [-0.25, -0.2) is 0 Å². The summed E-state index contributed by atoms with van der Waals surface area (Å²) < 4.78 is 0. The predicted molar refractivity (Wildman–Crippen MR) is 102 cm³/mol. The third kappa shape index (κ3) is 5.87. The van der Waals surface area contributed by atoms with Crippen LogP contribution in [0.25, 0.3) is 0 Å². The molecule has 0 saturated carbocycles. The number of amides is 2. The van der Waals surface area contributed by atoms with Crippen LogP contribution in [0.4, 0.5) is 5.69 Å². The van der Waals surface area contributed by atoms with Crippen LogP contribution in [0.15, 0.2) is 12.1 Å². The molecule has 2 N–H and O–H groups in total. The van der Waals surface area contributed by atoms with Crippen molar-refractivity contribution in [3.05, 3.63) is 27.7 Å². The number of aliphatic hydroxyl groups is 1. The molecule has 1 unspecified atom stereocenters. The molecule has 0 fully saturated rings. The molecule has 1 aromatic rings. The van der Waals surface area contributed by atoms with Gasteiger partial charge in [0.25, 0.3) is 0 Å². The first-order valence-corrected chi connectivity index (χ1v) is 9.04. The van der Waals surface area contributed by atoms with E-state index in [2.05, 4.69) is 5.32 Å². The molecule has 0 aromatic heterocycles. The van der Waals surface area contributed by atoms with E-state index in [0.717, 1.165) is 0 Å². The maximum atomic E-state index is 12.2. The van der Waals surface area contributed by atoms with Gasteiger partial charge in [0.15, 0.2) is 0 Å². The highest BCUT2D eigenvalue weighted by molar-refractivity contribution is 6.39. The van der Waals surface area contributed by atoms with Gasteiger partial charge < -0.3 is 15.3 Å². The number of aliphatic hydroxyl groups excluding tert-OH is 1. The Morgan fingerprint density at radius 2 is 1.68 bits per heavy atom. The minimum absolute atomic E-state index is 0.0458. The molecule has 5 nitrogen and oxygen atoms in total. The molecule has 0 spiro atoms. The van der Waals surface area contributed by atoms with Crippen molar-refractivity contribution < 1.29 is 14.7 Å². The standard InChI is InChI=1S/C18H26Cl2N2O3/c1-6-15(24)21-17-12(19)8-11(9-13(17)20)14(23)10-22(16(25)7-2)18(3,4)5/h8-9,14,23H,6-7,10H2,1-5H3,(H,21,24).